The molecule has 0 spiro atoms. The van der Waals surface area contributed by atoms with Gasteiger partial charge in [0.25, 0.3) is 0 Å². The Kier molecular flexibility index (Phi) is 6.63. The Labute approximate surface area is 195 Å². The number of rotatable bonds is 7. The van der Waals surface area contributed by atoms with E-state index in [2.05, 4.69) is 0 Å². The third kappa shape index (κ3) is 5.26. The van der Waals surface area contributed by atoms with Crippen molar-refractivity contribution in [3.63, 3.8) is 0 Å². The van der Waals surface area contributed by atoms with E-state index < -0.39 is 11.9 Å². The van der Waals surface area contributed by atoms with Gasteiger partial charge < -0.3 is 25.1 Å². The van der Waals surface area contributed by atoms with E-state index in [-0.39, 0.29) is 31.7 Å². The number of carbonyl (C=O) groups excluding carboxylic acids is 1. The van der Waals surface area contributed by atoms with E-state index in [0.717, 1.165) is 5.56 Å². The molecular formula is C25H23N3O6. The van der Waals surface area contributed by atoms with Crippen LogP contribution in [0.15, 0.2) is 72.8 Å². The minimum Gasteiger partial charge on any atom is -0.490 e. The van der Waals surface area contributed by atoms with E-state index in [0.29, 0.717) is 28.5 Å². The maximum absolute atomic E-state index is 12.4. The van der Waals surface area contributed by atoms with Crippen molar-refractivity contribution >= 4 is 23.4 Å². The van der Waals surface area contributed by atoms with Crippen molar-refractivity contribution in [1.82, 2.24) is 0 Å². The molecule has 0 unspecified atom stereocenters. The number of nitrogens with zero attached hydrogens (tertiary/aromatic N) is 1. The van der Waals surface area contributed by atoms with E-state index in [1.165, 1.54) is 4.90 Å². The first-order chi connectivity index (χ1) is 16.4. The van der Waals surface area contributed by atoms with Crippen molar-refractivity contribution in [3.05, 3.63) is 83.9 Å². The highest BCUT2D eigenvalue weighted by Gasteiger charge is 2.27. The maximum atomic E-state index is 12.4. The summed E-state index contributed by atoms with van der Waals surface area (Å²) in [5, 5.41) is 16.7. The fourth-order valence-corrected chi connectivity index (χ4v) is 3.43. The largest absolute Gasteiger partial charge is 0.490 e. The van der Waals surface area contributed by atoms with E-state index >= 15 is 0 Å². The topological polar surface area (TPSA) is 135 Å². The minimum atomic E-state index is -1.54. The van der Waals surface area contributed by atoms with Crippen molar-refractivity contribution < 1.29 is 28.9 Å². The zero-order valence-corrected chi connectivity index (χ0v) is 18.1. The van der Waals surface area contributed by atoms with Crippen LogP contribution in [0.5, 0.6) is 17.2 Å². The normalized spacial score (nSPS) is 14.2. The number of amides is 1. The lowest BCUT2D eigenvalue weighted by Crippen LogP contribution is -2.37. The Morgan fingerprint density at radius 1 is 1.06 bits per heavy atom. The fourth-order valence-electron chi connectivity index (χ4n) is 3.43. The lowest BCUT2D eigenvalue weighted by molar-refractivity contribution is -0.148. The monoisotopic (exact) mass is 461 g/mol. The van der Waals surface area contributed by atoms with Crippen molar-refractivity contribution in [2.45, 2.75) is 12.6 Å². The number of ether oxygens (including phenoxy) is 3. The summed E-state index contributed by atoms with van der Waals surface area (Å²) in [7, 11) is 0. The van der Waals surface area contributed by atoms with Crippen molar-refractivity contribution in [2.24, 2.45) is 5.73 Å². The van der Waals surface area contributed by atoms with Crippen molar-refractivity contribution in [1.29, 1.82) is 5.41 Å². The van der Waals surface area contributed by atoms with Gasteiger partial charge in [0.05, 0.1) is 6.54 Å². The molecule has 0 saturated carbocycles. The molecule has 1 amide bonds. The molecule has 174 valence electrons. The summed E-state index contributed by atoms with van der Waals surface area (Å²) in [5.74, 6) is -1.10. The third-order valence-corrected chi connectivity index (χ3v) is 5.17. The predicted octanol–water partition coefficient (Wildman–Crippen LogP) is 2.81. The van der Waals surface area contributed by atoms with Gasteiger partial charge in [0, 0.05) is 17.3 Å². The number of nitrogens with two attached hydrogens (primary N) is 1. The summed E-state index contributed by atoms with van der Waals surface area (Å²) in [5.41, 5.74) is 7.24. The lowest BCUT2D eigenvalue weighted by Gasteiger charge is -2.28. The van der Waals surface area contributed by atoms with Gasteiger partial charge in [0.15, 0.2) is 17.6 Å². The molecule has 1 atom stereocenters. The smallest absolute Gasteiger partial charge is 0.394 e. The number of nitrogen functional groups attached to an aromatic ring is 1. The number of hydrogen-bond acceptors (Lipinski definition) is 6. The molecule has 9 nitrogen and oxygen atoms in total. The Bertz CT molecular complexity index is 1200. The Morgan fingerprint density at radius 3 is 2.47 bits per heavy atom. The Hall–Kier alpha value is -4.53. The van der Waals surface area contributed by atoms with Crippen LogP contribution in [0.4, 0.5) is 5.69 Å². The van der Waals surface area contributed by atoms with Gasteiger partial charge in [-0.3, -0.25) is 15.1 Å². The van der Waals surface area contributed by atoms with Crippen LogP contribution in [0.25, 0.3) is 0 Å². The molecule has 9 heteroatoms. The molecule has 0 bridgehead atoms. The second-order valence-corrected chi connectivity index (χ2v) is 7.61. The molecule has 4 N–H and O–H groups in total. The average Bonchev–Trinajstić information content (AvgIpc) is 2.86. The molecule has 1 aliphatic rings. The number of carboxylic acid groups (broad SMARTS) is 1. The average molecular weight is 461 g/mol. The number of hydrogen-bond donors (Lipinski definition) is 3. The molecule has 0 fully saturated rings. The zero-order chi connectivity index (χ0) is 24.1. The number of carboxylic acids is 1. The van der Waals surface area contributed by atoms with Gasteiger partial charge in [-0.25, -0.2) is 4.79 Å². The first-order valence-corrected chi connectivity index (χ1v) is 10.5. The van der Waals surface area contributed by atoms with Crippen LogP contribution < -0.4 is 24.8 Å². The summed E-state index contributed by atoms with van der Waals surface area (Å²) in [6, 6.07) is 20.8. The number of amidine groups is 1. The van der Waals surface area contributed by atoms with Gasteiger partial charge in [-0.05, 0) is 42.0 Å². The van der Waals surface area contributed by atoms with Gasteiger partial charge in [-0.2, -0.15) is 0 Å². The summed E-state index contributed by atoms with van der Waals surface area (Å²) in [6.07, 6.45) is -0.369. The molecule has 1 heterocycles. The summed E-state index contributed by atoms with van der Waals surface area (Å²) < 4.78 is 17.5. The quantitative estimate of drug-likeness (QED) is 0.280. The number of fused-ring (bicyclic) bond motifs is 1. The second-order valence-electron chi connectivity index (χ2n) is 7.61. The van der Waals surface area contributed by atoms with E-state index in [1.807, 2.05) is 30.3 Å². The summed E-state index contributed by atoms with van der Waals surface area (Å²) >= 11 is 0. The van der Waals surface area contributed by atoms with Crippen LogP contribution >= 0.6 is 0 Å². The predicted molar refractivity (Wildman–Crippen MR) is 125 cm³/mol. The van der Waals surface area contributed by atoms with E-state index in [9.17, 15) is 14.7 Å². The molecule has 4 rings (SSSR count). The standard InChI is InChI=1S/C25H23N3O6/c26-23(27)17-6-9-19(10-7-17)32-14-20-15-33-22-12-18(8-11-21(22)34-20)28(24(29)25(30)31)13-16-4-2-1-3-5-16/h1-12,20H,13-15H2,(H3,26,27)(H,30,31)/t20-/m0/s1. The van der Waals surface area contributed by atoms with Gasteiger partial charge in [-0.1, -0.05) is 30.3 Å². The Balaban J connectivity index is 1.44. The molecule has 0 radical (unpaired) electrons. The second kappa shape index (κ2) is 9.95. The number of nitrogens with one attached hydrogen (secondary N) is 1. The zero-order valence-electron chi connectivity index (χ0n) is 18.1. The van der Waals surface area contributed by atoms with Crippen LogP contribution in [0, 0.1) is 5.41 Å². The first kappa shape index (κ1) is 22.7. The highest BCUT2D eigenvalue weighted by Crippen LogP contribution is 2.36. The molecule has 3 aromatic carbocycles. The van der Waals surface area contributed by atoms with Crippen LogP contribution in [-0.4, -0.2) is 42.1 Å². The van der Waals surface area contributed by atoms with Crippen molar-refractivity contribution in [2.75, 3.05) is 18.1 Å². The number of aliphatic carboxylic acids is 1. The van der Waals surface area contributed by atoms with Crippen LogP contribution in [0.2, 0.25) is 0 Å². The number of benzene rings is 3. The number of carbonyl (C=O) groups is 2. The molecular weight excluding hydrogens is 438 g/mol. The van der Waals surface area contributed by atoms with Gasteiger partial charge >= 0.3 is 11.9 Å². The number of anilines is 1. The molecule has 0 aliphatic carbocycles. The van der Waals surface area contributed by atoms with Gasteiger partial charge in [0.1, 0.15) is 24.8 Å². The third-order valence-electron chi connectivity index (χ3n) is 5.17. The molecule has 3 aromatic rings. The van der Waals surface area contributed by atoms with E-state index in [4.69, 9.17) is 25.4 Å². The van der Waals surface area contributed by atoms with Crippen LogP contribution in [0.3, 0.4) is 0 Å². The lowest BCUT2D eigenvalue weighted by atomic mass is 10.1. The highest BCUT2D eigenvalue weighted by molar-refractivity contribution is 6.37. The summed E-state index contributed by atoms with van der Waals surface area (Å²) in [4.78, 5) is 24.9. The van der Waals surface area contributed by atoms with Gasteiger partial charge in [-0.15, -0.1) is 0 Å². The fraction of sp³-hybridized carbons (Fsp3) is 0.160. The maximum Gasteiger partial charge on any atom is 0.394 e. The van der Waals surface area contributed by atoms with Gasteiger partial charge in [0.2, 0.25) is 0 Å². The molecule has 0 saturated heterocycles. The highest BCUT2D eigenvalue weighted by atomic mass is 16.6. The SMILES string of the molecule is N=C(N)c1ccc(OC[C@H]2COc3cc(N(Cc4ccccc4)C(=O)C(=O)O)ccc3O2)cc1. The van der Waals surface area contributed by atoms with E-state index in [1.54, 1.807) is 42.5 Å². The molecule has 34 heavy (non-hydrogen) atoms. The minimum absolute atomic E-state index is 0.0149. The Morgan fingerprint density at radius 2 is 1.79 bits per heavy atom. The first-order valence-electron chi connectivity index (χ1n) is 10.5. The summed E-state index contributed by atoms with van der Waals surface area (Å²) in [6.45, 7) is 0.552. The van der Waals surface area contributed by atoms with Crippen molar-refractivity contribution in [3.8, 4) is 17.2 Å². The molecule has 1 aliphatic heterocycles. The van der Waals surface area contributed by atoms with Crippen LogP contribution in [-0.2, 0) is 16.1 Å². The van der Waals surface area contributed by atoms with Crippen LogP contribution in [0.1, 0.15) is 11.1 Å². The molecule has 0 aromatic heterocycles.